The Morgan fingerprint density at radius 2 is 2.08 bits per heavy atom. The third kappa shape index (κ3) is 3.26. The van der Waals surface area contributed by atoms with E-state index >= 15 is 8.78 Å². The lowest BCUT2D eigenvalue weighted by Crippen LogP contribution is -2.52. The molecule has 1 atom stereocenters. The van der Waals surface area contributed by atoms with Crippen LogP contribution in [0.25, 0.3) is 43.3 Å². The van der Waals surface area contributed by atoms with Crippen LogP contribution in [0.2, 0.25) is 5.02 Å². The molecule has 3 aromatic heterocycles. The van der Waals surface area contributed by atoms with Crippen molar-refractivity contribution in [2.45, 2.75) is 13.0 Å². The lowest BCUT2D eigenvalue weighted by atomic mass is 9.92. The van der Waals surface area contributed by atoms with Gasteiger partial charge in [0.1, 0.15) is 22.4 Å². The van der Waals surface area contributed by atoms with Crippen molar-refractivity contribution in [1.29, 1.82) is 0 Å². The number of nitrogens with zero attached hydrogens (tertiary/aromatic N) is 6. The summed E-state index contributed by atoms with van der Waals surface area (Å²) in [5.41, 5.74) is 6.91. The Labute approximate surface area is 212 Å². The van der Waals surface area contributed by atoms with Crippen molar-refractivity contribution < 1.29 is 13.6 Å². The van der Waals surface area contributed by atoms with Crippen LogP contribution in [-0.2, 0) is 4.79 Å². The number of pyridine rings is 1. The summed E-state index contributed by atoms with van der Waals surface area (Å²) in [5.74, 6) is -1.44. The Balaban J connectivity index is 1.52. The molecule has 36 heavy (non-hydrogen) atoms. The fourth-order valence-electron chi connectivity index (χ4n) is 4.76. The van der Waals surface area contributed by atoms with Gasteiger partial charge >= 0.3 is 0 Å². The first-order valence-corrected chi connectivity index (χ1v) is 12.3. The number of thiazole rings is 1. The van der Waals surface area contributed by atoms with Crippen molar-refractivity contribution in [2.24, 2.45) is 5.92 Å². The van der Waals surface area contributed by atoms with Crippen molar-refractivity contribution in [3.63, 3.8) is 0 Å². The van der Waals surface area contributed by atoms with E-state index in [1.165, 1.54) is 29.7 Å². The van der Waals surface area contributed by atoms with Crippen molar-refractivity contribution in [3.05, 3.63) is 53.7 Å². The maximum absolute atomic E-state index is 16.0. The van der Waals surface area contributed by atoms with Gasteiger partial charge in [0.2, 0.25) is 5.91 Å². The summed E-state index contributed by atoms with van der Waals surface area (Å²) in [6.07, 6.45) is 2.72. The van der Waals surface area contributed by atoms with Gasteiger partial charge in [-0.15, -0.1) is 5.10 Å². The molecule has 0 radical (unpaired) electrons. The normalized spacial score (nSPS) is 15.1. The van der Waals surface area contributed by atoms with Gasteiger partial charge in [-0.25, -0.2) is 18.4 Å². The Morgan fingerprint density at radius 1 is 1.31 bits per heavy atom. The number of nitrogens with two attached hydrogens (primary N) is 1. The van der Waals surface area contributed by atoms with Gasteiger partial charge in [0.05, 0.1) is 27.5 Å². The molecule has 4 heterocycles. The molecule has 1 unspecified atom stereocenters. The van der Waals surface area contributed by atoms with Crippen LogP contribution in [0.3, 0.4) is 0 Å². The summed E-state index contributed by atoms with van der Waals surface area (Å²) >= 11 is 7.77. The second kappa shape index (κ2) is 8.17. The van der Waals surface area contributed by atoms with Crippen LogP contribution in [0.1, 0.15) is 13.0 Å². The number of halogens is 3. The Morgan fingerprint density at radius 3 is 2.83 bits per heavy atom. The second-order valence-electron chi connectivity index (χ2n) is 8.74. The molecule has 1 aliphatic rings. The predicted molar refractivity (Wildman–Crippen MR) is 136 cm³/mol. The second-order valence-corrected chi connectivity index (χ2v) is 10.2. The number of rotatable bonds is 4. The first-order valence-electron chi connectivity index (χ1n) is 11.1. The average molecular weight is 526 g/mol. The smallest absolute Gasteiger partial charge is 0.245 e. The molecule has 0 spiro atoms. The first kappa shape index (κ1) is 22.7. The molecule has 8 nitrogen and oxygen atoms in total. The minimum atomic E-state index is -0.774. The fraction of sp³-hybridized carbons (Fsp3) is 0.208. The molecule has 0 bridgehead atoms. The average Bonchev–Trinajstić information content (AvgIpc) is 3.42. The number of aromatic nitrogens is 5. The standard InChI is InChI=1S/C24H18ClF2N7OS/c1-3-17(35)33-8-11(9-33)10(2)34-23-12-6-13(25)18(20(27)21(12)29-7-15(23)31-32-34)19-14(26)4-5-16-22(19)30-24(28)36-16/h3-7,10-11H,1,8-9H2,2H3,(H2,28,30). The molecule has 12 heteroatoms. The topological polar surface area (TPSA) is 103 Å². The Hall–Kier alpha value is -3.70. The number of amides is 1. The summed E-state index contributed by atoms with van der Waals surface area (Å²) in [5, 5.41) is 9.13. The van der Waals surface area contributed by atoms with Crippen LogP contribution >= 0.6 is 22.9 Å². The molecule has 6 rings (SSSR count). The molecule has 5 aromatic rings. The highest BCUT2D eigenvalue weighted by atomic mass is 35.5. The van der Waals surface area contributed by atoms with Crippen molar-refractivity contribution in [1.82, 2.24) is 29.9 Å². The quantitative estimate of drug-likeness (QED) is 0.332. The van der Waals surface area contributed by atoms with Gasteiger partial charge in [-0.05, 0) is 31.2 Å². The lowest BCUT2D eigenvalue weighted by Gasteiger charge is -2.41. The van der Waals surface area contributed by atoms with Gasteiger partial charge in [-0.3, -0.25) is 9.78 Å². The van der Waals surface area contributed by atoms with Crippen LogP contribution in [0.15, 0.2) is 37.1 Å². The summed E-state index contributed by atoms with van der Waals surface area (Å²) in [4.78, 5) is 22.0. The van der Waals surface area contributed by atoms with E-state index in [4.69, 9.17) is 17.3 Å². The SMILES string of the molecule is C=CC(=O)N1CC(C(C)n2nnc3cnc4c(F)c(-c5c(F)ccc6sc(N)nc56)c(Cl)cc4c32)C1. The molecule has 0 aliphatic carbocycles. The molecule has 1 fully saturated rings. The zero-order valence-corrected chi connectivity index (χ0v) is 20.4. The van der Waals surface area contributed by atoms with E-state index < -0.39 is 11.6 Å². The molecule has 2 N–H and O–H groups in total. The summed E-state index contributed by atoms with van der Waals surface area (Å²) in [6, 6.07) is 4.21. The zero-order valence-electron chi connectivity index (χ0n) is 18.9. The molecule has 1 saturated heterocycles. The predicted octanol–water partition coefficient (Wildman–Crippen LogP) is 4.98. The van der Waals surface area contributed by atoms with Gasteiger partial charge in [0.15, 0.2) is 10.9 Å². The number of anilines is 1. The Bertz CT molecular complexity index is 1730. The highest BCUT2D eigenvalue weighted by molar-refractivity contribution is 7.22. The van der Waals surface area contributed by atoms with E-state index in [-0.39, 0.29) is 50.2 Å². The van der Waals surface area contributed by atoms with E-state index in [0.717, 1.165) is 0 Å². The molecule has 2 aromatic carbocycles. The van der Waals surface area contributed by atoms with Crippen LogP contribution < -0.4 is 5.73 Å². The fourth-order valence-corrected chi connectivity index (χ4v) is 5.79. The molecule has 182 valence electrons. The molecular formula is C24H18ClF2N7OS. The summed E-state index contributed by atoms with van der Waals surface area (Å²) in [7, 11) is 0. The molecule has 1 amide bonds. The van der Waals surface area contributed by atoms with Gasteiger partial charge < -0.3 is 10.6 Å². The van der Waals surface area contributed by atoms with Crippen molar-refractivity contribution in [2.75, 3.05) is 18.8 Å². The monoisotopic (exact) mass is 525 g/mol. The van der Waals surface area contributed by atoms with Crippen LogP contribution in [0, 0.1) is 17.6 Å². The number of carbonyl (C=O) groups is 1. The van der Waals surface area contributed by atoms with Crippen LogP contribution in [-0.4, -0.2) is 48.9 Å². The van der Waals surface area contributed by atoms with E-state index in [1.807, 2.05) is 6.92 Å². The van der Waals surface area contributed by atoms with E-state index in [2.05, 4.69) is 26.9 Å². The number of carbonyl (C=O) groups excluding carboxylic acids is 1. The molecule has 0 saturated carbocycles. The largest absolute Gasteiger partial charge is 0.375 e. The van der Waals surface area contributed by atoms with Gasteiger partial charge in [-0.2, -0.15) is 0 Å². The van der Waals surface area contributed by atoms with Crippen LogP contribution in [0.5, 0.6) is 0 Å². The van der Waals surface area contributed by atoms with Crippen molar-refractivity contribution >= 4 is 66.1 Å². The highest BCUT2D eigenvalue weighted by Crippen LogP contribution is 2.43. The third-order valence-corrected chi connectivity index (χ3v) is 7.87. The van der Waals surface area contributed by atoms with Crippen molar-refractivity contribution in [3.8, 4) is 11.1 Å². The number of hydrogen-bond donors (Lipinski definition) is 1. The minimum absolute atomic E-state index is 0.000858. The zero-order chi connectivity index (χ0) is 25.3. The lowest BCUT2D eigenvalue weighted by molar-refractivity contribution is -0.133. The maximum atomic E-state index is 16.0. The number of fused-ring (bicyclic) bond motifs is 4. The number of likely N-dealkylation sites (tertiary alicyclic amines) is 1. The summed E-state index contributed by atoms with van der Waals surface area (Å²) < 4.78 is 33.4. The number of hydrogen-bond acceptors (Lipinski definition) is 7. The highest BCUT2D eigenvalue weighted by Gasteiger charge is 2.35. The van der Waals surface area contributed by atoms with Gasteiger partial charge in [0, 0.05) is 35.5 Å². The molecular weight excluding hydrogens is 508 g/mol. The van der Waals surface area contributed by atoms with Gasteiger partial charge in [-0.1, -0.05) is 34.7 Å². The number of nitrogen functional groups attached to an aromatic ring is 1. The van der Waals surface area contributed by atoms with Crippen LogP contribution in [0.4, 0.5) is 13.9 Å². The number of benzene rings is 2. The van der Waals surface area contributed by atoms with Gasteiger partial charge in [0.25, 0.3) is 0 Å². The van der Waals surface area contributed by atoms with E-state index in [1.54, 1.807) is 21.7 Å². The first-order chi connectivity index (χ1) is 17.3. The minimum Gasteiger partial charge on any atom is -0.375 e. The van der Waals surface area contributed by atoms with E-state index in [9.17, 15) is 4.79 Å². The summed E-state index contributed by atoms with van der Waals surface area (Å²) in [6.45, 7) is 6.59. The Kier molecular flexibility index (Phi) is 5.16. The maximum Gasteiger partial charge on any atom is 0.245 e. The third-order valence-electron chi connectivity index (χ3n) is 6.72. The van der Waals surface area contributed by atoms with E-state index in [0.29, 0.717) is 34.2 Å². The molecule has 1 aliphatic heterocycles.